The van der Waals surface area contributed by atoms with Crippen LogP contribution in [0.15, 0.2) is 17.1 Å². The predicted molar refractivity (Wildman–Crippen MR) is 111 cm³/mol. The highest BCUT2D eigenvalue weighted by Crippen LogP contribution is 2.39. The predicted octanol–water partition coefficient (Wildman–Crippen LogP) is 3.62. The third-order valence-corrected chi connectivity index (χ3v) is 5.26. The number of aliphatic imine (C=N–C) groups is 1. The van der Waals surface area contributed by atoms with Crippen molar-refractivity contribution in [2.24, 2.45) is 4.99 Å². The van der Waals surface area contributed by atoms with Gasteiger partial charge < -0.3 is 24.8 Å². The lowest BCUT2D eigenvalue weighted by atomic mass is 10.1. The van der Waals surface area contributed by atoms with E-state index in [1.165, 1.54) is 0 Å². The SMILES string of the molecule is C/N=C(\SC)N(c1cc(OC)c(OCCCCl)cc1N)C1CCOCC1. The van der Waals surface area contributed by atoms with Crippen molar-refractivity contribution in [1.82, 2.24) is 0 Å². The molecule has 8 heteroatoms. The fourth-order valence-corrected chi connectivity index (χ4v) is 3.71. The second-order valence-corrected chi connectivity index (χ2v) is 7.03. The molecule has 0 unspecified atom stereocenters. The topological polar surface area (TPSA) is 69.3 Å². The van der Waals surface area contributed by atoms with Crippen LogP contribution in [0.3, 0.4) is 0 Å². The largest absolute Gasteiger partial charge is 0.493 e. The van der Waals surface area contributed by atoms with E-state index in [0.29, 0.717) is 29.7 Å². The molecule has 1 aliphatic rings. The zero-order chi connectivity index (χ0) is 18.9. The second kappa shape index (κ2) is 10.7. The van der Waals surface area contributed by atoms with Crippen molar-refractivity contribution < 1.29 is 14.2 Å². The molecule has 1 aromatic rings. The number of halogens is 1. The molecular formula is C18H28ClN3O3S. The molecule has 1 fully saturated rings. The molecule has 1 heterocycles. The van der Waals surface area contributed by atoms with Crippen LogP contribution in [-0.4, -0.2) is 57.3 Å². The van der Waals surface area contributed by atoms with Crippen LogP contribution in [0, 0.1) is 0 Å². The number of anilines is 2. The highest BCUT2D eigenvalue weighted by molar-refractivity contribution is 8.13. The van der Waals surface area contributed by atoms with Gasteiger partial charge in [-0.25, -0.2) is 0 Å². The van der Waals surface area contributed by atoms with E-state index in [2.05, 4.69) is 9.89 Å². The molecule has 0 spiro atoms. The van der Waals surface area contributed by atoms with Crippen molar-refractivity contribution in [2.45, 2.75) is 25.3 Å². The Balaban J connectivity index is 2.39. The maximum atomic E-state index is 6.41. The zero-order valence-corrected chi connectivity index (χ0v) is 17.2. The molecular weight excluding hydrogens is 374 g/mol. The summed E-state index contributed by atoms with van der Waals surface area (Å²) in [5.41, 5.74) is 7.92. The van der Waals surface area contributed by atoms with E-state index in [1.807, 2.05) is 18.4 Å². The van der Waals surface area contributed by atoms with Crippen molar-refractivity contribution >= 4 is 39.9 Å². The van der Waals surface area contributed by atoms with Gasteiger partial charge in [-0.15, -0.1) is 11.6 Å². The molecule has 2 N–H and O–H groups in total. The Kier molecular flexibility index (Phi) is 8.68. The van der Waals surface area contributed by atoms with Gasteiger partial charge in [0.05, 0.1) is 25.1 Å². The van der Waals surface area contributed by atoms with Crippen LogP contribution in [0.25, 0.3) is 0 Å². The number of nitrogen functional groups attached to an aromatic ring is 1. The molecule has 1 aromatic carbocycles. The lowest BCUT2D eigenvalue weighted by Crippen LogP contribution is -2.43. The van der Waals surface area contributed by atoms with Crippen LogP contribution >= 0.6 is 23.4 Å². The zero-order valence-electron chi connectivity index (χ0n) is 15.7. The summed E-state index contributed by atoms with van der Waals surface area (Å²) in [6.45, 7) is 2.00. The standard InChI is InChI=1S/C18H28ClN3O3S/c1-21-18(26-3)22(13-5-9-24-10-6-13)15-12-16(23-2)17(11-14(15)20)25-8-4-7-19/h11-13H,4-10,20H2,1-3H3/b21-18-. The van der Waals surface area contributed by atoms with Crippen LogP contribution in [0.4, 0.5) is 11.4 Å². The number of hydrogen-bond donors (Lipinski definition) is 1. The molecule has 0 bridgehead atoms. The van der Waals surface area contributed by atoms with Crippen molar-refractivity contribution in [1.29, 1.82) is 0 Å². The van der Waals surface area contributed by atoms with Gasteiger partial charge in [-0.3, -0.25) is 4.99 Å². The molecule has 0 saturated carbocycles. The van der Waals surface area contributed by atoms with Crippen LogP contribution < -0.4 is 20.1 Å². The molecule has 0 radical (unpaired) electrons. The van der Waals surface area contributed by atoms with Crippen LogP contribution in [0.1, 0.15) is 19.3 Å². The van der Waals surface area contributed by atoms with Gasteiger partial charge in [-0.05, 0) is 25.5 Å². The van der Waals surface area contributed by atoms with Gasteiger partial charge in [0.1, 0.15) is 0 Å². The number of ether oxygens (including phenoxy) is 3. The smallest absolute Gasteiger partial charge is 0.163 e. The third kappa shape index (κ3) is 5.11. The summed E-state index contributed by atoms with van der Waals surface area (Å²) >= 11 is 7.33. The second-order valence-electron chi connectivity index (χ2n) is 5.88. The van der Waals surface area contributed by atoms with E-state index in [0.717, 1.165) is 43.3 Å². The molecule has 1 saturated heterocycles. The summed E-state index contributed by atoms with van der Waals surface area (Å²) in [7, 11) is 3.43. The molecule has 1 aliphatic heterocycles. The van der Waals surface area contributed by atoms with Crippen molar-refractivity contribution in [3.8, 4) is 11.5 Å². The van der Waals surface area contributed by atoms with Gasteiger partial charge in [0, 0.05) is 44.3 Å². The highest BCUT2D eigenvalue weighted by atomic mass is 35.5. The van der Waals surface area contributed by atoms with Gasteiger partial charge >= 0.3 is 0 Å². The Morgan fingerprint density at radius 3 is 2.69 bits per heavy atom. The van der Waals surface area contributed by atoms with Gasteiger partial charge in [-0.2, -0.15) is 0 Å². The molecule has 0 aliphatic carbocycles. The van der Waals surface area contributed by atoms with Crippen molar-refractivity contribution in [3.63, 3.8) is 0 Å². The molecule has 0 atom stereocenters. The maximum absolute atomic E-state index is 6.41. The van der Waals surface area contributed by atoms with Gasteiger partial charge in [-0.1, -0.05) is 11.8 Å². The third-order valence-electron chi connectivity index (χ3n) is 4.24. The quantitative estimate of drug-likeness (QED) is 0.247. The van der Waals surface area contributed by atoms with Gasteiger partial charge in [0.15, 0.2) is 16.7 Å². The van der Waals surface area contributed by atoms with Gasteiger partial charge in [0.2, 0.25) is 0 Å². The summed E-state index contributed by atoms with van der Waals surface area (Å²) in [6, 6.07) is 4.04. The average molecular weight is 402 g/mol. The van der Waals surface area contributed by atoms with E-state index in [9.17, 15) is 0 Å². The molecule has 6 nitrogen and oxygen atoms in total. The molecule has 0 amide bonds. The van der Waals surface area contributed by atoms with E-state index < -0.39 is 0 Å². The monoisotopic (exact) mass is 401 g/mol. The fourth-order valence-electron chi connectivity index (χ4n) is 2.98. The van der Waals surface area contributed by atoms with Crippen molar-refractivity contribution in [3.05, 3.63) is 12.1 Å². The van der Waals surface area contributed by atoms with Crippen LogP contribution in [0.5, 0.6) is 11.5 Å². The van der Waals surface area contributed by atoms with E-state index in [-0.39, 0.29) is 6.04 Å². The number of nitrogens with zero attached hydrogens (tertiary/aromatic N) is 2. The number of benzene rings is 1. The minimum atomic E-state index is 0.282. The lowest BCUT2D eigenvalue weighted by molar-refractivity contribution is 0.0872. The molecule has 2 rings (SSSR count). The first-order valence-electron chi connectivity index (χ1n) is 8.70. The highest BCUT2D eigenvalue weighted by Gasteiger charge is 2.28. The number of nitrogens with two attached hydrogens (primary N) is 1. The summed E-state index contributed by atoms with van der Waals surface area (Å²) in [4.78, 5) is 6.66. The van der Waals surface area contributed by atoms with Crippen LogP contribution in [0.2, 0.25) is 0 Å². The van der Waals surface area contributed by atoms with Gasteiger partial charge in [0.25, 0.3) is 0 Å². The number of amidine groups is 1. The first-order chi connectivity index (χ1) is 12.7. The Labute approximate surface area is 165 Å². The number of hydrogen-bond acceptors (Lipinski definition) is 6. The Morgan fingerprint density at radius 1 is 1.38 bits per heavy atom. The van der Waals surface area contributed by atoms with E-state index >= 15 is 0 Å². The summed E-state index contributed by atoms with van der Waals surface area (Å²) in [6.07, 6.45) is 4.63. The maximum Gasteiger partial charge on any atom is 0.163 e. The average Bonchev–Trinajstić information content (AvgIpc) is 2.67. The first-order valence-corrected chi connectivity index (χ1v) is 10.5. The summed E-state index contributed by atoms with van der Waals surface area (Å²) in [5.74, 6) is 1.83. The first kappa shape index (κ1) is 21.0. The lowest BCUT2D eigenvalue weighted by Gasteiger charge is -2.36. The number of alkyl halides is 1. The fraction of sp³-hybridized carbons (Fsp3) is 0.611. The number of methoxy groups -OCH3 is 1. The Morgan fingerprint density at radius 2 is 2.12 bits per heavy atom. The Hall–Kier alpha value is -1.31. The number of rotatable bonds is 7. The summed E-state index contributed by atoms with van der Waals surface area (Å²) in [5, 5.41) is 0.918. The molecule has 26 heavy (non-hydrogen) atoms. The number of thioether (sulfide) groups is 1. The molecule has 146 valence electrons. The normalized spacial score (nSPS) is 15.8. The minimum absolute atomic E-state index is 0.282. The van der Waals surface area contributed by atoms with Crippen LogP contribution in [-0.2, 0) is 4.74 Å². The van der Waals surface area contributed by atoms with E-state index in [1.54, 1.807) is 25.9 Å². The van der Waals surface area contributed by atoms with Crippen molar-refractivity contribution in [2.75, 3.05) is 56.7 Å². The van der Waals surface area contributed by atoms with E-state index in [4.69, 9.17) is 31.5 Å². The molecule has 0 aromatic heterocycles. The summed E-state index contributed by atoms with van der Waals surface area (Å²) < 4.78 is 16.8. The minimum Gasteiger partial charge on any atom is -0.493 e. The Bertz CT molecular complexity index is 610.